The number of thiophene rings is 2. The van der Waals surface area contributed by atoms with Gasteiger partial charge in [-0.2, -0.15) is 4.98 Å². The van der Waals surface area contributed by atoms with E-state index >= 15 is 0 Å². The number of aryl methyl sites for hydroxylation is 1. The Bertz CT molecular complexity index is 850. The third kappa shape index (κ3) is 3.27. The molecule has 3 aromatic heterocycles. The van der Waals surface area contributed by atoms with Crippen LogP contribution in [0.2, 0.25) is 0 Å². The zero-order chi connectivity index (χ0) is 15.6. The fourth-order valence-corrected chi connectivity index (χ4v) is 4.72. The first-order valence-corrected chi connectivity index (χ1v) is 9.71. The zero-order valence-electron chi connectivity index (χ0n) is 11.6. The normalized spacial score (nSPS) is 11.9. The van der Waals surface area contributed by atoms with Crippen LogP contribution in [0.5, 0.6) is 0 Å². The lowest BCUT2D eigenvalue weighted by Gasteiger charge is -2.00. The summed E-state index contributed by atoms with van der Waals surface area (Å²) in [5.74, 6) is 0.702. The van der Waals surface area contributed by atoms with E-state index in [0.717, 1.165) is 16.2 Å². The molecule has 3 rings (SSSR count). The summed E-state index contributed by atoms with van der Waals surface area (Å²) in [6, 6.07) is 7.19. The molecule has 6 nitrogen and oxygen atoms in total. The fourth-order valence-electron chi connectivity index (χ4n) is 1.75. The molecule has 9 heteroatoms. The molecule has 3 heterocycles. The Morgan fingerprint density at radius 2 is 2.18 bits per heavy atom. The van der Waals surface area contributed by atoms with Crippen molar-refractivity contribution in [3.8, 4) is 10.7 Å². The van der Waals surface area contributed by atoms with Crippen LogP contribution in [0.25, 0.3) is 10.7 Å². The summed E-state index contributed by atoms with van der Waals surface area (Å²) in [5, 5.41) is 5.75. The molecule has 0 bridgehead atoms. The minimum absolute atomic E-state index is 0.0277. The van der Waals surface area contributed by atoms with Crippen molar-refractivity contribution in [1.82, 2.24) is 14.9 Å². The molecule has 0 radical (unpaired) electrons. The van der Waals surface area contributed by atoms with Crippen LogP contribution < -0.4 is 4.72 Å². The highest BCUT2D eigenvalue weighted by atomic mass is 32.2. The second-order valence-electron chi connectivity index (χ2n) is 4.39. The highest BCUT2D eigenvalue weighted by molar-refractivity contribution is 7.91. The van der Waals surface area contributed by atoms with Crippen molar-refractivity contribution in [3.63, 3.8) is 0 Å². The highest BCUT2D eigenvalue weighted by Gasteiger charge is 2.18. The van der Waals surface area contributed by atoms with Crippen molar-refractivity contribution in [3.05, 3.63) is 40.4 Å². The van der Waals surface area contributed by atoms with E-state index in [1.807, 2.05) is 30.5 Å². The number of rotatable bonds is 6. The molecule has 0 aliphatic heterocycles. The van der Waals surface area contributed by atoms with Crippen molar-refractivity contribution in [2.75, 3.05) is 0 Å². The van der Waals surface area contributed by atoms with Crippen LogP contribution in [0.3, 0.4) is 0 Å². The molecule has 0 atom stereocenters. The number of aromatic nitrogens is 2. The maximum atomic E-state index is 12.2. The van der Waals surface area contributed by atoms with E-state index in [9.17, 15) is 8.42 Å². The number of sulfonamides is 1. The Labute approximate surface area is 135 Å². The minimum atomic E-state index is -3.55. The first-order valence-electron chi connectivity index (χ1n) is 6.53. The van der Waals surface area contributed by atoms with Crippen molar-refractivity contribution in [2.45, 2.75) is 24.1 Å². The summed E-state index contributed by atoms with van der Waals surface area (Å²) >= 11 is 2.76. The summed E-state index contributed by atoms with van der Waals surface area (Å²) in [6.45, 7) is 1.96. The summed E-state index contributed by atoms with van der Waals surface area (Å²) < 4.78 is 32.2. The van der Waals surface area contributed by atoms with E-state index in [-0.39, 0.29) is 12.4 Å². The Balaban J connectivity index is 1.69. The van der Waals surface area contributed by atoms with Gasteiger partial charge in [-0.15, -0.1) is 22.7 Å². The maximum Gasteiger partial charge on any atom is 0.250 e. The van der Waals surface area contributed by atoms with Gasteiger partial charge in [-0.3, -0.25) is 0 Å². The Kier molecular flexibility index (Phi) is 4.39. The topological polar surface area (TPSA) is 85.1 Å². The van der Waals surface area contributed by atoms with Crippen LogP contribution in [0.1, 0.15) is 17.7 Å². The Morgan fingerprint density at radius 1 is 1.32 bits per heavy atom. The summed E-state index contributed by atoms with van der Waals surface area (Å²) in [4.78, 5) is 6.08. The summed E-state index contributed by atoms with van der Waals surface area (Å²) in [5.41, 5.74) is 0. The van der Waals surface area contributed by atoms with Gasteiger partial charge in [0.15, 0.2) is 0 Å². The first kappa shape index (κ1) is 15.3. The van der Waals surface area contributed by atoms with E-state index < -0.39 is 10.0 Å². The van der Waals surface area contributed by atoms with E-state index in [2.05, 4.69) is 14.9 Å². The van der Waals surface area contributed by atoms with Crippen LogP contribution in [-0.2, 0) is 23.0 Å². The molecule has 0 spiro atoms. The van der Waals surface area contributed by atoms with Gasteiger partial charge in [0.25, 0.3) is 10.0 Å². The van der Waals surface area contributed by atoms with Gasteiger partial charge >= 0.3 is 0 Å². The Hall–Kier alpha value is -1.55. The number of nitrogens with one attached hydrogen (secondary N) is 1. The largest absolute Gasteiger partial charge is 0.337 e. The molecule has 0 saturated heterocycles. The van der Waals surface area contributed by atoms with E-state index in [4.69, 9.17) is 4.52 Å². The molecule has 116 valence electrons. The summed E-state index contributed by atoms with van der Waals surface area (Å²) in [6.07, 6.45) is 0.814. The smallest absolute Gasteiger partial charge is 0.250 e. The average molecular weight is 355 g/mol. The van der Waals surface area contributed by atoms with Crippen LogP contribution in [0.4, 0.5) is 0 Å². The number of nitrogens with zero attached hydrogens (tertiary/aromatic N) is 2. The first-order chi connectivity index (χ1) is 10.6. The maximum absolute atomic E-state index is 12.2. The average Bonchev–Trinajstić information content (AvgIpc) is 3.24. The molecule has 0 aliphatic carbocycles. The zero-order valence-corrected chi connectivity index (χ0v) is 14.1. The molecule has 0 amide bonds. The van der Waals surface area contributed by atoms with Gasteiger partial charge < -0.3 is 4.52 Å². The number of hydrogen-bond acceptors (Lipinski definition) is 7. The van der Waals surface area contributed by atoms with Gasteiger partial charge in [0.2, 0.25) is 11.7 Å². The van der Waals surface area contributed by atoms with Crippen molar-refractivity contribution < 1.29 is 12.9 Å². The van der Waals surface area contributed by atoms with Crippen molar-refractivity contribution in [1.29, 1.82) is 0 Å². The van der Waals surface area contributed by atoms with Gasteiger partial charge in [-0.25, -0.2) is 13.1 Å². The molecular weight excluding hydrogens is 342 g/mol. The van der Waals surface area contributed by atoms with Crippen molar-refractivity contribution in [2.24, 2.45) is 0 Å². The van der Waals surface area contributed by atoms with E-state index in [1.54, 1.807) is 6.07 Å². The third-order valence-corrected chi connectivity index (χ3v) is 6.86. The molecule has 1 N–H and O–H groups in total. The van der Waals surface area contributed by atoms with Gasteiger partial charge in [-0.05, 0) is 30.0 Å². The third-order valence-electron chi connectivity index (χ3n) is 2.87. The molecule has 0 fully saturated rings. The molecule has 0 aromatic carbocycles. The molecule has 0 unspecified atom stereocenters. The molecule has 0 saturated carbocycles. The monoisotopic (exact) mass is 355 g/mol. The van der Waals surface area contributed by atoms with Gasteiger partial charge in [-0.1, -0.05) is 18.1 Å². The van der Waals surface area contributed by atoms with Gasteiger partial charge in [0.1, 0.15) is 4.21 Å². The molecule has 3 aromatic rings. The highest BCUT2D eigenvalue weighted by Crippen LogP contribution is 2.23. The number of hydrogen-bond donors (Lipinski definition) is 1. The van der Waals surface area contributed by atoms with E-state index in [1.165, 1.54) is 22.7 Å². The second-order valence-corrected chi connectivity index (χ2v) is 8.50. The van der Waals surface area contributed by atoms with Gasteiger partial charge in [0.05, 0.1) is 11.4 Å². The summed E-state index contributed by atoms with van der Waals surface area (Å²) in [7, 11) is -3.55. The lowest BCUT2D eigenvalue weighted by atomic mass is 10.4. The molecular formula is C13H13N3O3S3. The van der Waals surface area contributed by atoms with E-state index in [0.29, 0.717) is 10.0 Å². The fraction of sp³-hybridized carbons (Fsp3) is 0.231. The molecule has 0 aliphatic rings. The quantitative estimate of drug-likeness (QED) is 0.735. The second kappa shape index (κ2) is 6.29. The predicted molar refractivity (Wildman–Crippen MR) is 85.3 cm³/mol. The molecule has 22 heavy (non-hydrogen) atoms. The van der Waals surface area contributed by atoms with Gasteiger partial charge in [0, 0.05) is 4.88 Å². The Morgan fingerprint density at radius 3 is 2.86 bits per heavy atom. The standard InChI is InChI=1S/C13H13N3O3S3/c1-2-9-5-6-12(21-9)22(17,18)14-8-11-15-13(16-19-11)10-4-3-7-20-10/h3-7,14H,2,8H2,1H3. The van der Waals surface area contributed by atoms with Crippen LogP contribution in [0, 0.1) is 0 Å². The van der Waals surface area contributed by atoms with Crippen LogP contribution >= 0.6 is 22.7 Å². The minimum Gasteiger partial charge on any atom is -0.337 e. The SMILES string of the molecule is CCc1ccc(S(=O)(=O)NCc2nc(-c3cccs3)no2)s1. The van der Waals surface area contributed by atoms with Crippen molar-refractivity contribution >= 4 is 32.7 Å². The van der Waals surface area contributed by atoms with Crippen LogP contribution in [0.15, 0.2) is 38.4 Å². The lowest BCUT2D eigenvalue weighted by molar-refractivity contribution is 0.376. The predicted octanol–water partition coefficient (Wildman–Crippen LogP) is 2.90. The van der Waals surface area contributed by atoms with Crippen LogP contribution in [-0.4, -0.2) is 18.6 Å². The lowest BCUT2D eigenvalue weighted by Crippen LogP contribution is -2.22.